The fourth-order valence-electron chi connectivity index (χ4n) is 1.37. The van der Waals surface area contributed by atoms with Crippen molar-refractivity contribution in [3.8, 4) is 0 Å². The normalized spacial score (nSPS) is 8.16. The molecule has 0 aliphatic heterocycles. The summed E-state index contributed by atoms with van der Waals surface area (Å²) in [5, 5.41) is 0. The molecule has 0 heterocycles. The third-order valence-electron chi connectivity index (χ3n) is 2.62. The van der Waals surface area contributed by atoms with Crippen LogP contribution in [-0.2, 0) is 0 Å². The molecule has 0 saturated heterocycles. The third-order valence-corrected chi connectivity index (χ3v) is 2.62. The molecule has 1 aromatic carbocycles. The van der Waals surface area contributed by atoms with E-state index in [9.17, 15) is 0 Å². The Kier molecular flexibility index (Phi) is 18.2. The van der Waals surface area contributed by atoms with Gasteiger partial charge in [-0.25, -0.2) is 0 Å². The van der Waals surface area contributed by atoms with Gasteiger partial charge in [0.25, 0.3) is 0 Å². The Balaban J connectivity index is -0.000000233. The van der Waals surface area contributed by atoms with Gasteiger partial charge in [-0.05, 0) is 51.7 Å². The summed E-state index contributed by atoms with van der Waals surface area (Å²) < 4.78 is 0. The van der Waals surface area contributed by atoms with Crippen LogP contribution in [0.4, 0.5) is 0 Å². The molecule has 0 fully saturated rings. The zero-order valence-corrected chi connectivity index (χ0v) is 13.6. The number of benzene rings is 1. The Hall–Kier alpha value is -1.04. The highest BCUT2D eigenvalue weighted by Crippen LogP contribution is 2.07. The molecule has 0 N–H and O–H groups in total. The Morgan fingerprint density at radius 1 is 1.05 bits per heavy atom. The molecule has 0 nitrogen and oxygen atoms in total. The molecule has 0 aliphatic carbocycles. The molecule has 0 bridgehead atoms. The number of unbranched alkanes of at least 4 members (excludes halogenated alkanes) is 1. The highest BCUT2D eigenvalue weighted by molar-refractivity contribution is 5.28. The minimum atomic E-state index is 0. The molecular weight excluding hydrogens is 228 g/mol. The topological polar surface area (TPSA) is 0 Å². The smallest absolute Gasteiger partial charge is 0.0326 e. The molecule has 19 heavy (non-hydrogen) atoms. The molecule has 0 aliphatic rings. The Labute approximate surface area is 123 Å². The van der Waals surface area contributed by atoms with Crippen molar-refractivity contribution in [1.29, 1.82) is 0 Å². The molecule has 0 spiro atoms. The summed E-state index contributed by atoms with van der Waals surface area (Å²) in [6, 6.07) is 6.50. The van der Waals surface area contributed by atoms with Crippen LogP contribution in [0.5, 0.6) is 0 Å². The van der Waals surface area contributed by atoms with Crippen LogP contribution < -0.4 is 0 Å². The largest absolute Gasteiger partial charge is 0.100 e. The fourth-order valence-corrected chi connectivity index (χ4v) is 1.37. The third kappa shape index (κ3) is 14.9. The summed E-state index contributed by atoms with van der Waals surface area (Å²) >= 11 is 0. The molecular formula is C19H36. The Morgan fingerprint density at radius 2 is 1.58 bits per heavy atom. The second-order valence-corrected chi connectivity index (χ2v) is 4.65. The molecule has 0 saturated carbocycles. The highest BCUT2D eigenvalue weighted by Gasteiger charge is 1.89. The van der Waals surface area contributed by atoms with E-state index in [-0.39, 0.29) is 7.43 Å². The quantitative estimate of drug-likeness (QED) is 0.514. The van der Waals surface area contributed by atoms with Crippen molar-refractivity contribution >= 4 is 0 Å². The van der Waals surface area contributed by atoms with E-state index in [0.717, 1.165) is 0 Å². The Morgan fingerprint density at radius 3 is 1.84 bits per heavy atom. The predicted octanol–water partition coefficient (Wildman–Crippen LogP) is 7.03. The maximum Gasteiger partial charge on any atom is -0.0326 e. The number of hydrogen-bond donors (Lipinski definition) is 0. The van der Waals surface area contributed by atoms with Crippen molar-refractivity contribution in [3.05, 3.63) is 47.0 Å². The van der Waals surface area contributed by atoms with Crippen molar-refractivity contribution in [2.24, 2.45) is 0 Å². The number of rotatable bonds is 3. The first-order valence-corrected chi connectivity index (χ1v) is 7.15. The van der Waals surface area contributed by atoms with Gasteiger partial charge >= 0.3 is 0 Å². The summed E-state index contributed by atoms with van der Waals surface area (Å²) in [5.41, 5.74) is 5.41. The van der Waals surface area contributed by atoms with Crippen LogP contribution in [0.1, 0.15) is 71.1 Å². The Bertz CT molecular complexity index is 321. The predicted molar refractivity (Wildman–Crippen MR) is 93.1 cm³/mol. The second-order valence-electron chi connectivity index (χ2n) is 4.65. The van der Waals surface area contributed by atoms with Gasteiger partial charge in [0, 0.05) is 0 Å². The van der Waals surface area contributed by atoms with Gasteiger partial charge in [-0.2, -0.15) is 0 Å². The molecule has 112 valence electrons. The van der Waals surface area contributed by atoms with Gasteiger partial charge < -0.3 is 0 Å². The lowest BCUT2D eigenvalue weighted by Crippen LogP contribution is -1.79. The molecule has 0 atom stereocenters. The lowest BCUT2D eigenvalue weighted by Gasteiger charge is -1.98. The van der Waals surface area contributed by atoms with Gasteiger partial charge in [-0.3, -0.25) is 0 Å². The van der Waals surface area contributed by atoms with Gasteiger partial charge in [-0.15, -0.1) is 6.58 Å². The van der Waals surface area contributed by atoms with E-state index in [1.165, 1.54) is 41.5 Å². The first kappa shape index (κ1) is 23.1. The number of aryl methyl sites for hydroxylation is 3. The van der Waals surface area contributed by atoms with Gasteiger partial charge in [0.05, 0.1) is 0 Å². The van der Waals surface area contributed by atoms with Crippen LogP contribution in [0.2, 0.25) is 0 Å². The van der Waals surface area contributed by atoms with Gasteiger partial charge in [0.2, 0.25) is 0 Å². The average molecular weight is 264 g/mol. The molecule has 0 aromatic heterocycles. The van der Waals surface area contributed by atoms with Crippen molar-refractivity contribution in [1.82, 2.24) is 0 Å². The molecule has 1 rings (SSSR count). The summed E-state index contributed by atoms with van der Waals surface area (Å²) in [5.74, 6) is 0. The van der Waals surface area contributed by atoms with Crippen LogP contribution in [0.15, 0.2) is 30.4 Å². The van der Waals surface area contributed by atoms with E-state index >= 15 is 0 Å². The second kappa shape index (κ2) is 15.0. The molecule has 1 aromatic rings. The van der Waals surface area contributed by atoms with Crippen LogP contribution in [0, 0.1) is 20.8 Å². The fraction of sp³-hybridized carbons (Fsp3) is 0.579. The summed E-state index contributed by atoms with van der Waals surface area (Å²) in [7, 11) is 0. The number of allylic oxidation sites excluding steroid dienone is 1. The first-order chi connectivity index (χ1) is 8.47. The lowest BCUT2D eigenvalue weighted by molar-refractivity contribution is 0.789. The lowest BCUT2D eigenvalue weighted by atomic mass is 10.1. The van der Waals surface area contributed by atoms with E-state index in [4.69, 9.17) is 0 Å². The summed E-state index contributed by atoms with van der Waals surface area (Å²) in [6.07, 6.45) is 3.79. The average Bonchev–Trinajstić information content (AvgIpc) is 2.35. The maximum atomic E-state index is 3.79. The molecule has 0 amide bonds. The van der Waals surface area contributed by atoms with Crippen molar-refractivity contribution in [2.75, 3.05) is 0 Å². The van der Waals surface area contributed by atoms with Crippen LogP contribution >= 0.6 is 0 Å². The van der Waals surface area contributed by atoms with Gasteiger partial charge in [0.15, 0.2) is 0 Å². The van der Waals surface area contributed by atoms with Gasteiger partial charge in [0.1, 0.15) is 0 Å². The van der Waals surface area contributed by atoms with Crippen molar-refractivity contribution in [2.45, 2.75) is 75.2 Å². The first-order valence-electron chi connectivity index (χ1n) is 7.15. The van der Waals surface area contributed by atoms with Crippen molar-refractivity contribution in [3.63, 3.8) is 0 Å². The molecule has 0 heteroatoms. The van der Waals surface area contributed by atoms with Crippen LogP contribution in [-0.4, -0.2) is 0 Å². The van der Waals surface area contributed by atoms with E-state index in [1.807, 2.05) is 13.8 Å². The summed E-state index contributed by atoms with van der Waals surface area (Å²) in [6.45, 7) is 18.5. The molecule has 0 radical (unpaired) electrons. The SMILES string of the molecule is C.C=C(C)CCCC.CC.Cc1ccc(C)c(C)c1. The monoisotopic (exact) mass is 264 g/mol. The minimum absolute atomic E-state index is 0. The van der Waals surface area contributed by atoms with E-state index in [1.54, 1.807) is 0 Å². The van der Waals surface area contributed by atoms with E-state index < -0.39 is 0 Å². The van der Waals surface area contributed by atoms with Gasteiger partial charge in [-0.1, -0.05) is 64.0 Å². The number of hydrogen-bond acceptors (Lipinski definition) is 0. The standard InChI is InChI=1S/C9H12.C7H14.C2H6.CH4/c1-7-4-5-8(2)9(3)6-7;1-4-5-6-7(2)3;1-2;/h4-6H,1-3H3;2,4-6H2,1,3H3;1-2H3;1H4. The van der Waals surface area contributed by atoms with E-state index in [0.29, 0.717) is 0 Å². The summed E-state index contributed by atoms with van der Waals surface area (Å²) in [4.78, 5) is 0. The van der Waals surface area contributed by atoms with E-state index in [2.05, 4.69) is 59.4 Å². The molecule has 0 unspecified atom stereocenters. The van der Waals surface area contributed by atoms with Crippen molar-refractivity contribution < 1.29 is 0 Å². The minimum Gasteiger partial charge on any atom is -0.100 e. The van der Waals surface area contributed by atoms with Crippen LogP contribution in [0.25, 0.3) is 0 Å². The zero-order chi connectivity index (χ0) is 14.6. The highest BCUT2D eigenvalue weighted by atomic mass is 13.9. The van der Waals surface area contributed by atoms with Crippen LogP contribution in [0.3, 0.4) is 0 Å². The zero-order valence-electron chi connectivity index (χ0n) is 13.6. The maximum absolute atomic E-state index is 3.79.